The highest BCUT2D eigenvalue weighted by molar-refractivity contribution is 5.80. The van der Waals surface area contributed by atoms with Crippen LogP contribution in [0, 0.1) is 0 Å². The molecule has 0 amide bonds. The van der Waals surface area contributed by atoms with Crippen molar-refractivity contribution in [3.63, 3.8) is 0 Å². The maximum absolute atomic E-state index is 12.1. The van der Waals surface area contributed by atoms with Crippen LogP contribution in [-0.4, -0.2) is 21.7 Å². The van der Waals surface area contributed by atoms with Crippen LogP contribution in [-0.2, 0) is 0 Å². The van der Waals surface area contributed by atoms with E-state index in [0.29, 0.717) is 16.9 Å². The first-order chi connectivity index (χ1) is 9.61. The Hall–Kier alpha value is -2.63. The van der Waals surface area contributed by atoms with Crippen molar-refractivity contribution in [3.8, 4) is 22.9 Å². The molecule has 0 spiro atoms. The maximum Gasteiger partial charge on any atom is 0.387 e. The Morgan fingerprint density at radius 1 is 1.10 bits per heavy atom. The molecular formula is C14H10F2N2O2. The van der Waals surface area contributed by atoms with Crippen molar-refractivity contribution in [2.75, 3.05) is 0 Å². The van der Waals surface area contributed by atoms with Crippen LogP contribution >= 0.6 is 0 Å². The number of phenols is 1. The van der Waals surface area contributed by atoms with Crippen LogP contribution in [0.15, 0.2) is 42.5 Å². The number of aromatic hydroxyl groups is 1. The molecule has 2 N–H and O–H groups in total. The highest BCUT2D eigenvalue weighted by Crippen LogP contribution is 2.25. The molecule has 0 fully saturated rings. The molecule has 3 aromatic rings. The van der Waals surface area contributed by atoms with E-state index >= 15 is 0 Å². The minimum absolute atomic E-state index is 0.0949. The van der Waals surface area contributed by atoms with Gasteiger partial charge in [0.2, 0.25) is 0 Å². The van der Waals surface area contributed by atoms with Crippen LogP contribution in [0.1, 0.15) is 0 Å². The summed E-state index contributed by atoms with van der Waals surface area (Å²) in [5.74, 6) is 0.833. The second kappa shape index (κ2) is 4.80. The van der Waals surface area contributed by atoms with Crippen molar-refractivity contribution in [2.45, 2.75) is 6.61 Å². The Kier molecular flexibility index (Phi) is 2.98. The van der Waals surface area contributed by atoms with Gasteiger partial charge in [0.1, 0.15) is 17.3 Å². The van der Waals surface area contributed by atoms with Crippen LogP contribution in [0.3, 0.4) is 0 Å². The van der Waals surface area contributed by atoms with Gasteiger partial charge in [0.25, 0.3) is 0 Å². The topological polar surface area (TPSA) is 58.1 Å². The van der Waals surface area contributed by atoms with E-state index in [1.807, 2.05) is 0 Å². The summed E-state index contributed by atoms with van der Waals surface area (Å²) in [4.78, 5) is 7.41. The summed E-state index contributed by atoms with van der Waals surface area (Å²) in [5, 5.41) is 9.40. The van der Waals surface area contributed by atoms with Crippen molar-refractivity contribution >= 4 is 11.0 Å². The first kappa shape index (κ1) is 12.4. The average molecular weight is 276 g/mol. The fourth-order valence-corrected chi connectivity index (χ4v) is 1.93. The highest BCUT2D eigenvalue weighted by Gasteiger charge is 2.08. The second-order valence-electron chi connectivity index (χ2n) is 4.19. The number of alkyl halides is 2. The number of hydrogen-bond donors (Lipinski definition) is 2. The van der Waals surface area contributed by atoms with E-state index < -0.39 is 6.61 Å². The summed E-state index contributed by atoms with van der Waals surface area (Å²) in [6, 6.07) is 11.0. The van der Waals surface area contributed by atoms with Crippen LogP contribution < -0.4 is 4.74 Å². The molecule has 2 aromatic carbocycles. The zero-order chi connectivity index (χ0) is 14.1. The minimum atomic E-state index is -2.84. The average Bonchev–Trinajstić information content (AvgIpc) is 2.81. The van der Waals surface area contributed by atoms with Gasteiger partial charge in [-0.05, 0) is 36.4 Å². The molecule has 20 heavy (non-hydrogen) atoms. The van der Waals surface area contributed by atoms with Gasteiger partial charge < -0.3 is 14.8 Å². The molecule has 3 rings (SSSR count). The Bertz CT molecular complexity index is 739. The lowest BCUT2D eigenvalue weighted by molar-refractivity contribution is -0.0498. The first-order valence-corrected chi connectivity index (χ1v) is 5.86. The summed E-state index contributed by atoms with van der Waals surface area (Å²) in [6.45, 7) is -2.84. The summed E-state index contributed by atoms with van der Waals surface area (Å²) in [6.07, 6.45) is 0. The van der Waals surface area contributed by atoms with Gasteiger partial charge in [0.05, 0.1) is 11.0 Å². The molecule has 1 heterocycles. The number of nitrogens with zero attached hydrogens (tertiary/aromatic N) is 1. The van der Waals surface area contributed by atoms with Gasteiger partial charge in [-0.3, -0.25) is 0 Å². The van der Waals surface area contributed by atoms with Gasteiger partial charge in [-0.2, -0.15) is 8.78 Å². The molecule has 1 aromatic heterocycles. The number of benzene rings is 2. The molecule has 0 aliphatic heterocycles. The quantitative estimate of drug-likeness (QED) is 0.769. The summed E-state index contributed by atoms with van der Waals surface area (Å²) >= 11 is 0. The van der Waals surface area contributed by atoms with Crippen LogP contribution in [0.5, 0.6) is 11.5 Å². The van der Waals surface area contributed by atoms with Crippen molar-refractivity contribution in [1.82, 2.24) is 9.97 Å². The molecule has 6 heteroatoms. The third-order valence-electron chi connectivity index (χ3n) is 2.82. The molecule has 0 atom stereocenters. The van der Waals surface area contributed by atoms with Crippen LogP contribution in [0.25, 0.3) is 22.4 Å². The molecule has 0 saturated carbocycles. The third-order valence-corrected chi connectivity index (χ3v) is 2.82. The maximum atomic E-state index is 12.1. The molecule has 0 unspecified atom stereocenters. The predicted octanol–water partition coefficient (Wildman–Crippen LogP) is 3.54. The Morgan fingerprint density at radius 2 is 1.85 bits per heavy atom. The van der Waals surface area contributed by atoms with Gasteiger partial charge in [-0.15, -0.1) is 0 Å². The molecule has 102 valence electrons. The van der Waals surface area contributed by atoms with E-state index in [-0.39, 0.29) is 11.5 Å². The van der Waals surface area contributed by atoms with E-state index in [2.05, 4.69) is 14.7 Å². The van der Waals surface area contributed by atoms with E-state index in [1.165, 1.54) is 12.1 Å². The van der Waals surface area contributed by atoms with E-state index in [1.54, 1.807) is 30.3 Å². The zero-order valence-electron chi connectivity index (χ0n) is 10.2. The Balaban J connectivity index is 1.94. The Labute approximate surface area is 112 Å². The highest BCUT2D eigenvalue weighted by atomic mass is 19.3. The second-order valence-corrected chi connectivity index (χ2v) is 4.19. The minimum Gasteiger partial charge on any atom is -0.508 e. The fourth-order valence-electron chi connectivity index (χ4n) is 1.93. The summed E-state index contributed by atoms with van der Waals surface area (Å²) < 4.78 is 28.4. The predicted molar refractivity (Wildman–Crippen MR) is 69.8 cm³/mol. The lowest BCUT2D eigenvalue weighted by Crippen LogP contribution is -2.01. The normalized spacial score (nSPS) is 11.2. The van der Waals surface area contributed by atoms with E-state index in [9.17, 15) is 13.9 Å². The van der Waals surface area contributed by atoms with Gasteiger partial charge >= 0.3 is 6.61 Å². The summed E-state index contributed by atoms with van der Waals surface area (Å²) in [5.41, 5.74) is 2.15. The molecule has 0 aliphatic rings. The van der Waals surface area contributed by atoms with Crippen LogP contribution in [0.2, 0.25) is 0 Å². The lowest BCUT2D eigenvalue weighted by Gasteiger charge is -2.04. The number of aromatic amines is 1. The van der Waals surface area contributed by atoms with E-state index in [0.717, 1.165) is 5.56 Å². The number of aromatic nitrogens is 2. The standard InChI is InChI=1S/C14H10F2N2O2/c15-14(16)20-10-4-1-8(2-5-10)13-17-11-6-3-9(19)7-12(11)18-13/h1-7,14,19H,(H,17,18). The van der Waals surface area contributed by atoms with Crippen molar-refractivity contribution in [1.29, 1.82) is 0 Å². The molecule has 0 aliphatic carbocycles. The number of phenolic OH excluding ortho intramolecular Hbond substituents is 1. The first-order valence-electron chi connectivity index (χ1n) is 5.86. The molecule has 4 nitrogen and oxygen atoms in total. The number of imidazole rings is 1. The van der Waals surface area contributed by atoms with Gasteiger partial charge in [0.15, 0.2) is 0 Å². The third kappa shape index (κ3) is 2.40. The number of ether oxygens (including phenoxy) is 1. The molecular weight excluding hydrogens is 266 g/mol. The summed E-state index contributed by atoms with van der Waals surface area (Å²) in [7, 11) is 0. The number of hydrogen-bond acceptors (Lipinski definition) is 3. The number of nitrogens with one attached hydrogen (secondary N) is 1. The van der Waals surface area contributed by atoms with Gasteiger partial charge in [-0.1, -0.05) is 0 Å². The molecule has 0 saturated heterocycles. The molecule has 0 bridgehead atoms. The lowest BCUT2D eigenvalue weighted by atomic mass is 10.2. The number of halogens is 2. The number of rotatable bonds is 3. The smallest absolute Gasteiger partial charge is 0.387 e. The van der Waals surface area contributed by atoms with E-state index in [4.69, 9.17) is 0 Å². The number of fused-ring (bicyclic) bond motifs is 1. The van der Waals surface area contributed by atoms with Crippen molar-refractivity contribution in [2.24, 2.45) is 0 Å². The number of H-pyrrole nitrogens is 1. The SMILES string of the molecule is Oc1ccc2nc(-c3ccc(OC(F)F)cc3)[nH]c2c1. The van der Waals surface area contributed by atoms with Gasteiger partial charge in [-0.25, -0.2) is 4.98 Å². The van der Waals surface area contributed by atoms with Crippen molar-refractivity contribution in [3.05, 3.63) is 42.5 Å². The largest absolute Gasteiger partial charge is 0.508 e. The van der Waals surface area contributed by atoms with Crippen LogP contribution in [0.4, 0.5) is 8.78 Å². The van der Waals surface area contributed by atoms with Gasteiger partial charge in [0, 0.05) is 11.6 Å². The monoisotopic (exact) mass is 276 g/mol. The van der Waals surface area contributed by atoms with Crippen molar-refractivity contribution < 1.29 is 18.6 Å². The fraction of sp³-hybridized carbons (Fsp3) is 0.0714. The Morgan fingerprint density at radius 3 is 2.55 bits per heavy atom. The molecule has 0 radical (unpaired) electrons. The zero-order valence-corrected chi connectivity index (χ0v) is 10.2.